The van der Waals surface area contributed by atoms with Gasteiger partial charge >= 0.3 is 0 Å². The molecule has 1 aromatic heterocycles. The number of hydrogen-bond donors (Lipinski definition) is 1. The van der Waals surface area contributed by atoms with E-state index in [4.69, 9.17) is 4.74 Å². The van der Waals surface area contributed by atoms with Gasteiger partial charge in [0.25, 0.3) is 0 Å². The van der Waals surface area contributed by atoms with Crippen LogP contribution in [0.15, 0.2) is 16.9 Å². The highest BCUT2D eigenvalue weighted by molar-refractivity contribution is 9.10. The molecule has 0 atom stereocenters. The summed E-state index contributed by atoms with van der Waals surface area (Å²) in [5.74, 6) is 0. The Balaban J connectivity index is 2.75. The van der Waals surface area contributed by atoms with Crippen LogP contribution in [0.1, 0.15) is 5.56 Å². The normalized spacial score (nSPS) is 9.92. The van der Waals surface area contributed by atoms with Crippen LogP contribution in [-0.4, -0.2) is 18.8 Å². The Morgan fingerprint density at radius 2 is 2.42 bits per heavy atom. The molecule has 0 saturated carbocycles. The lowest BCUT2D eigenvalue weighted by atomic mass is 10.3. The maximum atomic E-state index is 4.88. The molecular formula is C8H11BrN2O. The highest BCUT2D eigenvalue weighted by Crippen LogP contribution is 2.19. The minimum atomic E-state index is 0.490. The molecule has 1 N–H and O–H groups in total. The number of aromatic nitrogens is 1. The van der Waals surface area contributed by atoms with Crippen LogP contribution in [-0.2, 0) is 4.74 Å². The smallest absolute Gasteiger partial charge is 0.129 e. The van der Waals surface area contributed by atoms with Crippen molar-refractivity contribution >= 4 is 21.6 Å². The van der Waals surface area contributed by atoms with Gasteiger partial charge in [-0.1, -0.05) is 0 Å². The zero-order chi connectivity index (χ0) is 8.97. The number of rotatable bonds is 3. The molecule has 0 aliphatic rings. The van der Waals surface area contributed by atoms with Crippen molar-refractivity contribution in [3.8, 4) is 0 Å². The van der Waals surface area contributed by atoms with Gasteiger partial charge in [0, 0.05) is 13.3 Å². The third kappa shape index (κ3) is 2.46. The second kappa shape index (κ2) is 4.42. The number of aryl methyl sites for hydroxylation is 1. The summed E-state index contributed by atoms with van der Waals surface area (Å²) in [6.45, 7) is 2.49. The molecule has 1 aromatic rings. The van der Waals surface area contributed by atoms with Gasteiger partial charge in [-0.2, -0.15) is 0 Å². The van der Waals surface area contributed by atoms with Gasteiger partial charge in [-0.15, -0.1) is 0 Å². The van der Waals surface area contributed by atoms with E-state index >= 15 is 0 Å². The Labute approximate surface area is 80.3 Å². The van der Waals surface area contributed by atoms with E-state index in [1.165, 1.54) is 0 Å². The van der Waals surface area contributed by atoms with Crippen molar-refractivity contribution in [2.45, 2.75) is 6.92 Å². The maximum absolute atomic E-state index is 4.88. The van der Waals surface area contributed by atoms with Crippen LogP contribution in [0, 0.1) is 6.92 Å². The summed E-state index contributed by atoms with van der Waals surface area (Å²) in [4.78, 5) is 4.13. The molecule has 4 heteroatoms. The summed E-state index contributed by atoms with van der Waals surface area (Å²) in [6.07, 6.45) is 1.81. The number of ether oxygens (including phenoxy) is 1. The van der Waals surface area contributed by atoms with E-state index in [9.17, 15) is 0 Å². The van der Waals surface area contributed by atoms with Crippen molar-refractivity contribution in [3.05, 3.63) is 22.4 Å². The van der Waals surface area contributed by atoms with E-state index in [2.05, 4.69) is 26.2 Å². The Morgan fingerprint density at radius 3 is 3.08 bits per heavy atom. The van der Waals surface area contributed by atoms with Gasteiger partial charge in [0.1, 0.15) is 11.3 Å². The summed E-state index contributed by atoms with van der Waals surface area (Å²) >= 11 is 3.33. The van der Waals surface area contributed by atoms with E-state index in [0.717, 1.165) is 15.9 Å². The Hall–Kier alpha value is -0.610. The first-order valence-electron chi connectivity index (χ1n) is 3.59. The Kier molecular flexibility index (Phi) is 3.49. The summed E-state index contributed by atoms with van der Waals surface area (Å²) in [7, 11) is 1.64. The van der Waals surface area contributed by atoms with Gasteiger partial charge in [-0.05, 0) is 34.5 Å². The zero-order valence-corrected chi connectivity index (χ0v) is 8.68. The van der Waals surface area contributed by atoms with E-state index < -0.39 is 0 Å². The van der Waals surface area contributed by atoms with E-state index in [1.807, 2.05) is 19.2 Å². The molecule has 0 fully saturated rings. The second-order valence-corrected chi connectivity index (χ2v) is 3.21. The monoisotopic (exact) mass is 230 g/mol. The molecule has 1 rings (SSSR count). The van der Waals surface area contributed by atoms with Crippen LogP contribution in [0.3, 0.4) is 0 Å². The molecule has 0 amide bonds. The molecule has 0 unspecified atom stereocenters. The van der Waals surface area contributed by atoms with Crippen molar-refractivity contribution in [2.75, 3.05) is 19.2 Å². The van der Waals surface area contributed by atoms with Crippen LogP contribution < -0.4 is 5.32 Å². The lowest BCUT2D eigenvalue weighted by Crippen LogP contribution is -2.04. The van der Waals surface area contributed by atoms with Gasteiger partial charge in [0.2, 0.25) is 0 Å². The van der Waals surface area contributed by atoms with Crippen molar-refractivity contribution in [3.63, 3.8) is 0 Å². The standard InChI is InChI=1S/C8H11BrN2O/c1-6-3-7(11-5-12-2)8(9)10-4-6/h3-4,11H,5H2,1-2H3. The van der Waals surface area contributed by atoms with Gasteiger partial charge in [0.05, 0.1) is 5.69 Å². The first kappa shape index (κ1) is 9.48. The summed E-state index contributed by atoms with van der Waals surface area (Å²) < 4.78 is 5.69. The molecule has 0 radical (unpaired) electrons. The fourth-order valence-electron chi connectivity index (χ4n) is 0.826. The highest BCUT2D eigenvalue weighted by Gasteiger charge is 1.98. The van der Waals surface area contributed by atoms with E-state index in [0.29, 0.717) is 6.73 Å². The molecule has 0 bridgehead atoms. The van der Waals surface area contributed by atoms with Gasteiger partial charge in [-0.3, -0.25) is 0 Å². The first-order chi connectivity index (χ1) is 5.74. The minimum absolute atomic E-state index is 0.490. The van der Waals surface area contributed by atoms with E-state index in [-0.39, 0.29) is 0 Å². The van der Waals surface area contributed by atoms with Crippen LogP contribution in [0.5, 0.6) is 0 Å². The predicted octanol–water partition coefficient (Wildman–Crippen LogP) is 2.17. The number of hydrogen-bond acceptors (Lipinski definition) is 3. The quantitative estimate of drug-likeness (QED) is 0.639. The lowest BCUT2D eigenvalue weighted by Gasteiger charge is -2.06. The van der Waals surface area contributed by atoms with Crippen molar-refractivity contribution in [1.82, 2.24) is 4.98 Å². The largest absolute Gasteiger partial charge is 0.365 e. The number of halogens is 1. The fraction of sp³-hybridized carbons (Fsp3) is 0.375. The SMILES string of the molecule is COCNc1cc(C)cnc1Br. The van der Waals surface area contributed by atoms with Gasteiger partial charge < -0.3 is 10.1 Å². The summed E-state index contributed by atoms with van der Waals surface area (Å²) in [5.41, 5.74) is 2.08. The van der Waals surface area contributed by atoms with E-state index in [1.54, 1.807) is 7.11 Å². The third-order valence-corrected chi connectivity index (χ3v) is 2.01. The van der Waals surface area contributed by atoms with Crippen molar-refractivity contribution in [1.29, 1.82) is 0 Å². The molecule has 0 aliphatic carbocycles. The molecule has 3 nitrogen and oxygen atoms in total. The summed E-state index contributed by atoms with van der Waals surface area (Å²) in [6, 6.07) is 2.01. The topological polar surface area (TPSA) is 34.1 Å². The average Bonchev–Trinajstić information content (AvgIpc) is 2.07. The molecule has 0 aromatic carbocycles. The number of pyridine rings is 1. The van der Waals surface area contributed by atoms with Gasteiger partial charge in [0.15, 0.2) is 0 Å². The number of nitrogens with zero attached hydrogens (tertiary/aromatic N) is 1. The molecule has 66 valence electrons. The second-order valence-electron chi connectivity index (χ2n) is 2.46. The Morgan fingerprint density at radius 1 is 1.67 bits per heavy atom. The third-order valence-electron chi connectivity index (χ3n) is 1.38. The molecule has 1 heterocycles. The molecule has 0 spiro atoms. The highest BCUT2D eigenvalue weighted by atomic mass is 79.9. The first-order valence-corrected chi connectivity index (χ1v) is 4.38. The summed E-state index contributed by atoms with van der Waals surface area (Å²) in [5, 5.41) is 3.07. The predicted molar refractivity (Wildman–Crippen MR) is 52.2 cm³/mol. The molecule has 12 heavy (non-hydrogen) atoms. The Bertz CT molecular complexity index is 265. The molecule has 0 saturated heterocycles. The number of nitrogens with one attached hydrogen (secondary N) is 1. The zero-order valence-electron chi connectivity index (χ0n) is 7.10. The number of anilines is 1. The maximum Gasteiger partial charge on any atom is 0.129 e. The van der Waals surface area contributed by atoms with Crippen molar-refractivity contribution in [2.24, 2.45) is 0 Å². The average molecular weight is 231 g/mol. The van der Waals surface area contributed by atoms with Crippen LogP contribution in [0.25, 0.3) is 0 Å². The minimum Gasteiger partial charge on any atom is -0.365 e. The molecule has 0 aliphatic heterocycles. The van der Waals surface area contributed by atoms with Crippen LogP contribution >= 0.6 is 15.9 Å². The molecular weight excluding hydrogens is 220 g/mol. The van der Waals surface area contributed by atoms with Crippen LogP contribution in [0.2, 0.25) is 0 Å². The fourth-order valence-corrected chi connectivity index (χ4v) is 1.18. The van der Waals surface area contributed by atoms with Gasteiger partial charge in [-0.25, -0.2) is 4.98 Å². The van der Waals surface area contributed by atoms with Crippen LogP contribution in [0.4, 0.5) is 5.69 Å². The van der Waals surface area contributed by atoms with Crippen molar-refractivity contribution < 1.29 is 4.74 Å². The lowest BCUT2D eigenvalue weighted by molar-refractivity contribution is 0.221. The number of methoxy groups -OCH3 is 1.